The van der Waals surface area contributed by atoms with E-state index in [2.05, 4.69) is 4.90 Å². The van der Waals surface area contributed by atoms with E-state index in [1.807, 2.05) is 6.92 Å². The summed E-state index contributed by atoms with van der Waals surface area (Å²) in [5.41, 5.74) is 0.461. The lowest BCUT2D eigenvalue weighted by molar-refractivity contribution is 0.0587. The van der Waals surface area contributed by atoms with Crippen molar-refractivity contribution < 1.29 is 22.7 Å². The van der Waals surface area contributed by atoms with Crippen molar-refractivity contribution in [3.8, 4) is 11.5 Å². The smallest absolute Gasteiger partial charge is 0.254 e. The average molecular weight is 431 g/mol. The number of ether oxygens (including phenoxy) is 2. The lowest BCUT2D eigenvalue weighted by atomic mass is 10.1. The zero-order valence-corrected chi connectivity index (χ0v) is 17.9. The van der Waals surface area contributed by atoms with Crippen molar-refractivity contribution in [3.63, 3.8) is 0 Å². The maximum absolute atomic E-state index is 12.9. The molecule has 0 radical (unpaired) electrons. The molecule has 2 aliphatic rings. The fraction of sp³-hybridized carbons (Fsp3) is 0.632. The first-order chi connectivity index (χ1) is 13.3. The van der Waals surface area contributed by atoms with Gasteiger partial charge in [0.05, 0.1) is 30.2 Å². The van der Waals surface area contributed by atoms with Gasteiger partial charge >= 0.3 is 0 Å². The minimum Gasteiger partial charge on any atom is -0.493 e. The molecule has 0 bridgehead atoms. The SMILES string of the molecule is CCCOc1c(Cl)cc(C(=O)N2CCN(C3CCS(=O)(=O)C3)CC2)cc1OC. The van der Waals surface area contributed by atoms with E-state index in [4.69, 9.17) is 21.1 Å². The van der Waals surface area contributed by atoms with Crippen molar-refractivity contribution in [1.29, 1.82) is 0 Å². The van der Waals surface area contributed by atoms with Crippen LogP contribution in [0.2, 0.25) is 5.02 Å². The zero-order chi connectivity index (χ0) is 20.3. The van der Waals surface area contributed by atoms with E-state index in [-0.39, 0.29) is 23.5 Å². The molecule has 2 aliphatic heterocycles. The molecule has 2 saturated heterocycles. The number of rotatable bonds is 6. The van der Waals surface area contributed by atoms with Crippen LogP contribution >= 0.6 is 11.6 Å². The van der Waals surface area contributed by atoms with Crippen LogP contribution in [0.5, 0.6) is 11.5 Å². The average Bonchev–Trinajstić information content (AvgIpc) is 3.05. The van der Waals surface area contributed by atoms with Crippen LogP contribution in [-0.2, 0) is 9.84 Å². The molecule has 0 N–H and O–H groups in total. The molecule has 156 valence electrons. The Bertz CT molecular complexity index is 822. The fourth-order valence-corrected chi connectivity index (χ4v) is 5.75. The van der Waals surface area contributed by atoms with E-state index >= 15 is 0 Å². The van der Waals surface area contributed by atoms with E-state index in [9.17, 15) is 13.2 Å². The minimum atomic E-state index is -2.90. The number of piperazine rings is 1. The second-order valence-electron chi connectivity index (χ2n) is 7.22. The van der Waals surface area contributed by atoms with Crippen LogP contribution in [0.25, 0.3) is 0 Å². The highest BCUT2D eigenvalue weighted by Crippen LogP contribution is 2.37. The summed E-state index contributed by atoms with van der Waals surface area (Å²) in [6, 6.07) is 3.36. The molecule has 1 aromatic rings. The predicted molar refractivity (Wildman–Crippen MR) is 108 cm³/mol. The first kappa shape index (κ1) is 21.2. The van der Waals surface area contributed by atoms with Gasteiger partial charge in [-0.15, -0.1) is 0 Å². The molecule has 0 spiro atoms. The summed E-state index contributed by atoms with van der Waals surface area (Å²) in [6.07, 6.45) is 1.52. The molecule has 1 aromatic carbocycles. The van der Waals surface area contributed by atoms with Crippen molar-refractivity contribution in [3.05, 3.63) is 22.7 Å². The molecule has 28 heavy (non-hydrogen) atoms. The van der Waals surface area contributed by atoms with Gasteiger partial charge in [-0.05, 0) is 25.0 Å². The summed E-state index contributed by atoms with van der Waals surface area (Å²) < 4.78 is 34.4. The molecule has 2 fully saturated rings. The normalized spacial score (nSPS) is 22.2. The topological polar surface area (TPSA) is 76.2 Å². The standard InChI is InChI=1S/C19H27ClN2O5S/c1-3-9-27-18-16(20)11-14(12-17(18)26-2)19(23)22-7-5-21(6-8-22)15-4-10-28(24,25)13-15/h11-12,15H,3-10,13H2,1-2H3. The lowest BCUT2D eigenvalue weighted by Crippen LogP contribution is -2.52. The monoisotopic (exact) mass is 430 g/mol. The Labute approximate surface area is 171 Å². The molecule has 7 nitrogen and oxygen atoms in total. The Morgan fingerprint density at radius 1 is 1.25 bits per heavy atom. The Morgan fingerprint density at radius 2 is 1.96 bits per heavy atom. The van der Waals surface area contributed by atoms with Crippen LogP contribution in [0.1, 0.15) is 30.1 Å². The number of nitrogens with zero attached hydrogens (tertiary/aromatic N) is 2. The number of amides is 1. The summed E-state index contributed by atoms with van der Waals surface area (Å²) in [7, 11) is -1.38. The highest BCUT2D eigenvalue weighted by Gasteiger charge is 2.34. The number of hydrogen-bond donors (Lipinski definition) is 0. The summed E-state index contributed by atoms with van der Waals surface area (Å²) in [6.45, 7) is 4.98. The third-order valence-electron chi connectivity index (χ3n) is 5.25. The molecule has 9 heteroatoms. The largest absolute Gasteiger partial charge is 0.493 e. The van der Waals surface area contributed by atoms with Crippen LogP contribution in [0.4, 0.5) is 0 Å². The molecule has 0 aliphatic carbocycles. The van der Waals surface area contributed by atoms with Gasteiger partial charge < -0.3 is 14.4 Å². The maximum atomic E-state index is 12.9. The van der Waals surface area contributed by atoms with Crippen molar-refractivity contribution in [2.75, 3.05) is 51.4 Å². The summed E-state index contributed by atoms with van der Waals surface area (Å²) >= 11 is 6.33. The highest BCUT2D eigenvalue weighted by molar-refractivity contribution is 7.91. The van der Waals surface area contributed by atoms with Crippen LogP contribution in [-0.4, -0.2) is 81.6 Å². The summed E-state index contributed by atoms with van der Waals surface area (Å²) in [4.78, 5) is 16.9. The number of hydrogen-bond acceptors (Lipinski definition) is 6. The minimum absolute atomic E-state index is 0.0757. The Morgan fingerprint density at radius 3 is 2.54 bits per heavy atom. The number of carbonyl (C=O) groups is 1. The molecule has 1 amide bonds. The molecule has 1 atom stereocenters. The second kappa shape index (κ2) is 8.88. The molecular weight excluding hydrogens is 404 g/mol. The first-order valence-electron chi connectivity index (χ1n) is 9.58. The van der Waals surface area contributed by atoms with Crippen LogP contribution in [0.3, 0.4) is 0 Å². The number of sulfone groups is 1. The van der Waals surface area contributed by atoms with Gasteiger partial charge in [0.1, 0.15) is 0 Å². The van der Waals surface area contributed by atoms with Gasteiger partial charge in [0.15, 0.2) is 21.3 Å². The molecule has 0 saturated carbocycles. The lowest BCUT2D eigenvalue weighted by Gasteiger charge is -2.37. The molecule has 0 aromatic heterocycles. The van der Waals surface area contributed by atoms with Gasteiger partial charge in [-0.3, -0.25) is 9.69 Å². The number of halogens is 1. The number of methoxy groups -OCH3 is 1. The van der Waals surface area contributed by atoms with Gasteiger partial charge in [-0.25, -0.2) is 8.42 Å². The third kappa shape index (κ3) is 4.72. The Kier molecular flexibility index (Phi) is 6.73. The van der Waals surface area contributed by atoms with Crippen molar-refractivity contribution >= 4 is 27.3 Å². The van der Waals surface area contributed by atoms with Gasteiger partial charge in [0.2, 0.25) is 0 Å². The fourth-order valence-electron chi connectivity index (χ4n) is 3.72. The summed E-state index contributed by atoms with van der Waals surface area (Å²) in [5, 5.41) is 0.353. The van der Waals surface area contributed by atoms with Gasteiger partial charge in [0, 0.05) is 37.8 Å². The van der Waals surface area contributed by atoms with Crippen LogP contribution in [0.15, 0.2) is 12.1 Å². The molecule has 1 unspecified atom stereocenters. The molecular formula is C19H27ClN2O5S. The second-order valence-corrected chi connectivity index (χ2v) is 9.86. The maximum Gasteiger partial charge on any atom is 0.254 e. The summed E-state index contributed by atoms with van der Waals surface area (Å²) in [5.74, 6) is 1.28. The Hall–Kier alpha value is -1.51. The highest BCUT2D eigenvalue weighted by atomic mass is 35.5. The third-order valence-corrected chi connectivity index (χ3v) is 7.28. The van der Waals surface area contributed by atoms with Crippen molar-refractivity contribution in [2.45, 2.75) is 25.8 Å². The van der Waals surface area contributed by atoms with E-state index in [1.165, 1.54) is 7.11 Å². The predicted octanol–water partition coefficient (Wildman–Crippen LogP) is 2.08. The van der Waals surface area contributed by atoms with Gasteiger partial charge in [-0.1, -0.05) is 18.5 Å². The molecule has 2 heterocycles. The van der Waals surface area contributed by atoms with Crippen LogP contribution < -0.4 is 9.47 Å². The van der Waals surface area contributed by atoms with E-state index < -0.39 is 9.84 Å². The first-order valence-corrected chi connectivity index (χ1v) is 11.8. The van der Waals surface area contributed by atoms with E-state index in [1.54, 1.807) is 17.0 Å². The zero-order valence-electron chi connectivity index (χ0n) is 16.3. The number of benzene rings is 1. The number of carbonyl (C=O) groups excluding carboxylic acids is 1. The van der Waals surface area contributed by atoms with E-state index in [0.29, 0.717) is 61.3 Å². The van der Waals surface area contributed by atoms with Crippen LogP contribution in [0, 0.1) is 0 Å². The van der Waals surface area contributed by atoms with Crippen molar-refractivity contribution in [2.24, 2.45) is 0 Å². The van der Waals surface area contributed by atoms with Gasteiger partial charge in [-0.2, -0.15) is 0 Å². The molecule has 3 rings (SSSR count). The van der Waals surface area contributed by atoms with Crippen molar-refractivity contribution in [1.82, 2.24) is 9.80 Å². The van der Waals surface area contributed by atoms with Gasteiger partial charge in [0.25, 0.3) is 5.91 Å². The Balaban J connectivity index is 1.65. The quantitative estimate of drug-likeness (QED) is 0.687. The van der Waals surface area contributed by atoms with E-state index in [0.717, 1.165) is 6.42 Å².